The molecule has 6 heteroatoms. The molecule has 2 aliphatic rings. The smallest absolute Gasteiger partial charge is 0.251 e. The van der Waals surface area contributed by atoms with E-state index in [-0.39, 0.29) is 11.9 Å². The maximum Gasteiger partial charge on any atom is 0.251 e. The fraction of sp³-hybridized carbons (Fsp3) is 0.421. The van der Waals surface area contributed by atoms with Crippen molar-refractivity contribution in [2.24, 2.45) is 0 Å². The molecule has 0 radical (unpaired) electrons. The van der Waals surface area contributed by atoms with Gasteiger partial charge in [-0.1, -0.05) is 12.1 Å². The van der Waals surface area contributed by atoms with Gasteiger partial charge in [-0.05, 0) is 43.6 Å². The zero-order valence-corrected chi connectivity index (χ0v) is 14.1. The van der Waals surface area contributed by atoms with Crippen LogP contribution in [0.3, 0.4) is 0 Å². The van der Waals surface area contributed by atoms with Crippen LogP contribution in [-0.2, 0) is 4.74 Å². The lowest BCUT2D eigenvalue weighted by Gasteiger charge is -2.27. The molecular weight excluding hydrogens is 316 g/mol. The van der Waals surface area contributed by atoms with Crippen LogP contribution in [0.4, 0.5) is 0 Å². The van der Waals surface area contributed by atoms with E-state index in [2.05, 4.69) is 20.2 Å². The van der Waals surface area contributed by atoms with Gasteiger partial charge in [0.05, 0.1) is 25.3 Å². The lowest BCUT2D eigenvalue weighted by Crippen LogP contribution is -2.50. The topological polar surface area (TPSA) is 67.3 Å². The summed E-state index contributed by atoms with van der Waals surface area (Å²) in [6, 6.07) is 7.91. The molecule has 0 bridgehead atoms. The van der Waals surface area contributed by atoms with Crippen molar-refractivity contribution in [3.8, 4) is 11.1 Å². The van der Waals surface area contributed by atoms with Crippen molar-refractivity contribution in [2.45, 2.75) is 24.9 Å². The number of nitrogens with one attached hydrogen (secondary N) is 1. The Hall–Kier alpha value is -2.31. The maximum atomic E-state index is 12.6. The molecule has 2 aromatic rings. The molecule has 1 amide bonds. The molecule has 1 aromatic carbocycles. The first-order valence-corrected chi connectivity index (χ1v) is 8.79. The Balaban J connectivity index is 1.42. The largest absolute Gasteiger partial charge is 0.378 e. The molecule has 0 saturated carbocycles. The summed E-state index contributed by atoms with van der Waals surface area (Å²) in [5.41, 5.74) is 2.59. The molecule has 2 unspecified atom stereocenters. The number of amides is 1. The Morgan fingerprint density at radius 1 is 1.04 bits per heavy atom. The van der Waals surface area contributed by atoms with Crippen molar-refractivity contribution in [3.63, 3.8) is 0 Å². The van der Waals surface area contributed by atoms with Crippen LogP contribution in [0.2, 0.25) is 0 Å². The summed E-state index contributed by atoms with van der Waals surface area (Å²) in [5, 5.41) is 3.15. The van der Waals surface area contributed by atoms with Gasteiger partial charge in [0.1, 0.15) is 6.33 Å². The van der Waals surface area contributed by atoms with Crippen LogP contribution in [-0.4, -0.2) is 59.2 Å². The Kier molecular flexibility index (Phi) is 4.72. The van der Waals surface area contributed by atoms with Crippen LogP contribution in [0.25, 0.3) is 11.1 Å². The normalized spacial score (nSPS) is 23.7. The summed E-state index contributed by atoms with van der Waals surface area (Å²) in [4.78, 5) is 23.1. The van der Waals surface area contributed by atoms with E-state index in [4.69, 9.17) is 4.74 Å². The number of nitrogens with zero attached hydrogens (tertiary/aromatic N) is 3. The van der Waals surface area contributed by atoms with Crippen LogP contribution in [0.5, 0.6) is 0 Å². The molecule has 4 rings (SSSR count). The van der Waals surface area contributed by atoms with E-state index in [1.54, 1.807) is 12.4 Å². The highest BCUT2D eigenvalue weighted by atomic mass is 16.5. The zero-order chi connectivity index (χ0) is 17.1. The summed E-state index contributed by atoms with van der Waals surface area (Å²) in [5.74, 6) is -0.0458. The molecule has 130 valence electrons. The molecule has 2 aliphatic heterocycles. The van der Waals surface area contributed by atoms with E-state index >= 15 is 0 Å². The molecule has 1 aromatic heterocycles. The first-order valence-electron chi connectivity index (χ1n) is 8.79. The number of carbonyl (C=O) groups is 1. The summed E-state index contributed by atoms with van der Waals surface area (Å²) in [7, 11) is 0. The Labute approximate surface area is 147 Å². The second kappa shape index (κ2) is 7.29. The quantitative estimate of drug-likeness (QED) is 0.920. The summed E-state index contributed by atoms with van der Waals surface area (Å²) < 4.78 is 5.63. The van der Waals surface area contributed by atoms with E-state index in [9.17, 15) is 4.79 Å². The van der Waals surface area contributed by atoms with Gasteiger partial charge in [0.2, 0.25) is 0 Å². The van der Waals surface area contributed by atoms with Gasteiger partial charge >= 0.3 is 0 Å². The second-order valence-electron chi connectivity index (χ2n) is 6.63. The summed E-state index contributed by atoms with van der Waals surface area (Å²) in [6.07, 6.45) is 7.51. The highest BCUT2D eigenvalue weighted by Gasteiger charge is 2.35. The standard InChI is InChI=1S/C19H22N4O2/c24-19(22-17-11-25-12-18(17)23-7-1-2-8-23)15-5-3-14(4-6-15)16-9-20-13-21-10-16/h3-6,9-10,13,17-18H,1-2,7-8,11-12H2,(H,22,24). The van der Waals surface area contributed by atoms with Crippen molar-refractivity contribution < 1.29 is 9.53 Å². The SMILES string of the molecule is O=C(NC1COCC1N1CCCC1)c1ccc(-c2cncnc2)cc1. The number of ether oxygens (including phenoxy) is 1. The number of benzene rings is 1. The van der Waals surface area contributed by atoms with E-state index in [1.807, 2.05) is 24.3 Å². The van der Waals surface area contributed by atoms with Crippen LogP contribution >= 0.6 is 0 Å². The number of rotatable bonds is 4. The van der Waals surface area contributed by atoms with Gasteiger partial charge in [-0.25, -0.2) is 9.97 Å². The first kappa shape index (κ1) is 16.2. The molecular formula is C19H22N4O2. The number of carbonyl (C=O) groups excluding carboxylic acids is 1. The maximum absolute atomic E-state index is 12.6. The van der Waals surface area contributed by atoms with Gasteiger partial charge in [0.15, 0.2) is 0 Å². The fourth-order valence-corrected chi connectivity index (χ4v) is 3.63. The monoisotopic (exact) mass is 338 g/mol. The lowest BCUT2D eigenvalue weighted by atomic mass is 10.1. The van der Waals surface area contributed by atoms with Crippen LogP contribution in [0, 0.1) is 0 Å². The van der Waals surface area contributed by atoms with Gasteiger partial charge in [-0.2, -0.15) is 0 Å². The average molecular weight is 338 g/mol. The molecule has 6 nitrogen and oxygen atoms in total. The van der Waals surface area contributed by atoms with E-state index < -0.39 is 0 Å². The van der Waals surface area contributed by atoms with Gasteiger partial charge < -0.3 is 10.1 Å². The van der Waals surface area contributed by atoms with Crippen molar-refractivity contribution in [3.05, 3.63) is 48.5 Å². The van der Waals surface area contributed by atoms with Crippen molar-refractivity contribution in [1.82, 2.24) is 20.2 Å². The molecule has 25 heavy (non-hydrogen) atoms. The van der Waals surface area contributed by atoms with Crippen molar-refractivity contribution >= 4 is 5.91 Å². The predicted molar refractivity (Wildman–Crippen MR) is 94.1 cm³/mol. The van der Waals surface area contributed by atoms with E-state index in [0.717, 1.165) is 24.2 Å². The Morgan fingerprint density at radius 3 is 2.48 bits per heavy atom. The van der Waals surface area contributed by atoms with Crippen LogP contribution < -0.4 is 5.32 Å². The summed E-state index contributed by atoms with van der Waals surface area (Å²) in [6.45, 7) is 3.51. The zero-order valence-electron chi connectivity index (χ0n) is 14.1. The molecule has 0 spiro atoms. The fourth-order valence-electron chi connectivity index (χ4n) is 3.63. The third-order valence-corrected chi connectivity index (χ3v) is 5.02. The van der Waals surface area contributed by atoms with Gasteiger partial charge in [-0.15, -0.1) is 0 Å². The molecule has 2 fully saturated rings. The molecule has 2 saturated heterocycles. The number of hydrogen-bond donors (Lipinski definition) is 1. The van der Waals surface area contributed by atoms with E-state index in [1.165, 1.54) is 19.2 Å². The van der Waals surface area contributed by atoms with E-state index in [0.29, 0.717) is 24.8 Å². The molecule has 2 atom stereocenters. The number of aromatic nitrogens is 2. The number of likely N-dealkylation sites (tertiary alicyclic amines) is 1. The minimum absolute atomic E-state index is 0.0458. The molecule has 3 heterocycles. The van der Waals surface area contributed by atoms with Gasteiger partial charge in [0.25, 0.3) is 5.91 Å². The predicted octanol–water partition coefficient (Wildman–Crippen LogP) is 1.74. The Morgan fingerprint density at radius 2 is 1.76 bits per heavy atom. The molecule has 0 aliphatic carbocycles. The third-order valence-electron chi connectivity index (χ3n) is 5.02. The molecule has 1 N–H and O–H groups in total. The Bertz CT molecular complexity index is 714. The lowest BCUT2D eigenvalue weighted by molar-refractivity contribution is 0.0916. The minimum atomic E-state index is -0.0458. The third kappa shape index (κ3) is 3.55. The minimum Gasteiger partial charge on any atom is -0.378 e. The number of hydrogen-bond acceptors (Lipinski definition) is 5. The summed E-state index contributed by atoms with van der Waals surface area (Å²) >= 11 is 0. The highest BCUT2D eigenvalue weighted by molar-refractivity contribution is 5.95. The van der Waals surface area contributed by atoms with Crippen molar-refractivity contribution in [2.75, 3.05) is 26.3 Å². The average Bonchev–Trinajstić information content (AvgIpc) is 3.34. The van der Waals surface area contributed by atoms with Crippen LogP contribution in [0.15, 0.2) is 43.0 Å². The first-order chi connectivity index (χ1) is 12.3. The van der Waals surface area contributed by atoms with Gasteiger partial charge in [-0.3, -0.25) is 9.69 Å². The highest BCUT2D eigenvalue weighted by Crippen LogP contribution is 2.20. The second-order valence-corrected chi connectivity index (χ2v) is 6.63. The van der Waals surface area contributed by atoms with Crippen LogP contribution in [0.1, 0.15) is 23.2 Å². The van der Waals surface area contributed by atoms with Gasteiger partial charge in [0, 0.05) is 23.5 Å². The van der Waals surface area contributed by atoms with Crippen molar-refractivity contribution in [1.29, 1.82) is 0 Å².